The molecule has 18 heavy (non-hydrogen) atoms. The Balaban J connectivity index is 2.00. The van der Waals surface area contributed by atoms with Crippen molar-refractivity contribution in [3.05, 3.63) is 18.2 Å². The lowest BCUT2D eigenvalue weighted by atomic mass is 9.99. The molecule has 2 heterocycles. The van der Waals surface area contributed by atoms with Crippen LogP contribution in [-0.4, -0.2) is 51.7 Å². The third-order valence-electron chi connectivity index (χ3n) is 3.30. The van der Waals surface area contributed by atoms with Gasteiger partial charge in [0.05, 0.1) is 6.33 Å². The van der Waals surface area contributed by atoms with Gasteiger partial charge in [0.25, 0.3) is 5.91 Å². The first kappa shape index (κ1) is 13.0. The van der Waals surface area contributed by atoms with Gasteiger partial charge < -0.3 is 20.3 Å². The fourth-order valence-corrected chi connectivity index (χ4v) is 2.30. The average molecular weight is 252 g/mol. The van der Waals surface area contributed by atoms with Crippen molar-refractivity contribution < 1.29 is 9.90 Å². The zero-order valence-corrected chi connectivity index (χ0v) is 10.5. The minimum absolute atomic E-state index is 0.0519. The number of carbonyl (C=O) groups is 1. The smallest absolute Gasteiger partial charge is 0.274 e. The summed E-state index contributed by atoms with van der Waals surface area (Å²) in [5.41, 5.74) is 5.91. The number of aromatic nitrogens is 2. The molecule has 0 saturated carbocycles. The minimum atomic E-state index is -0.0519. The van der Waals surface area contributed by atoms with E-state index in [-0.39, 0.29) is 18.4 Å². The van der Waals surface area contributed by atoms with Crippen LogP contribution in [0.1, 0.15) is 23.3 Å². The highest BCUT2D eigenvalue weighted by Crippen LogP contribution is 2.17. The van der Waals surface area contributed by atoms with Crippen LogP contribution >= 0.6 is 0 Å². The molecule has 2 rings (SSSR count). The van der Waals surface area contributed by atoms with Crippen molar-refractivity contribution in [2.75, 3.05) is 26.2 Å². The van der Waals surface area contributed by atoms with Gasteiger partial charge in [-0.3, -0.25) is 4.79 Å². The number of likely N-dealkylation sites (tertiary alicyclic amines) is 1. The molecule has 1 aromatic rings. The fraction of sp³-hybridized carbons (Fsp3) is 0.667. The second-order valence-electron chi connectivity index (χ2n) is 4.73. The highest BCUT2D eigenvalue weighted by atomic mass is 16.3. The molecular formula is C12H20N4O2. The van der Waals surface area contributed by atoms with Crippen molar-refractivity contribution in [3.63, 3.8) is 0 Å². The van der Waals surface area contributed by atoms with Crippen LogP contribution in [0.25, 0.3) is 0 Å². The largest absolute Gasteiger partial charge is 0.396 e. The lowest BCUT2D eigenvalue weighted by Gasteiger charge is -2.31. The molecule has 0 bridgehead atoms. The summed E-state index contributed by atoms with van der Waals surface area (Å²) in [4.78, 5) is 18.1. The molecule has 1 aliphatic heterocycles. The number of piperidine rings is 1. The second kappa shape index (κ2) is 5.97. The van der Waals surface area contributed by atoms with Crippen LogP contribution in [0, 0.1) is 5.92 Å². The monoisotopic (exact) mass is 252 g/mol. The number of imidazole rings is 1. The van der Waals surface area contributed by atoms with Crippen LogP contribution < -0.4 is 5.73 Å². The molecule has 6 heteroatoms. The zero-order valence-electron chi connectivity index (χ0n) is 10.5. The van der Waals surface area contributed by atoms with Crippen molar-refractivity contribution in [1.29, 1.82) is 0 Å². The van der Waals surface area contributed by atoms with Crippen LogP contribution in [0.4, 0.5) is 0 Å². The van der Waals surface area contributed by atoms with Crippen LogP contribution in [0.15, 0.2) is 12.5 Å². The summed E-state index contributed by atoms with van der Waals surface area (Å²) in [7, 11) is 0. The van der Waals surface area contributed by atoms with Crippen LogP contribution in [0.3, 0.4) is 0 Å². The minimum Gasteiger partial charge on any atom is -0.396 e. The van der Waals surface area contributed by atoms with Gasteiger partial charge >= 0.3 is 0 Å². The van der Waals surface area contributed by atoms with E-state index in [9.17, 15) is 4.79 Å². The van der Waals surface area contributed by atoms with Crippen molar-refractivity contribution in [1.82, 2.24) is 14.5 Å². The first-order chi connectivity index (χ1) is 8.74. The van der Waals surface area contributed by atoms with Gasteiger partial charge in [-0.25, -0.2) is 4.98 Å². The maximum Gasteiger partial charge on any atom is 0.274 e. The maximum atomic E-state index is 12.2. The first-order valence-corrected chi connectivity index (χ1v) is 6.36. The molecule has 1 unspecified atom stereocenters. The van der Waals surface area contributed by atoms with Gasteiger partial charge in [-0.05, 0) is 18.8 Å². The SMILES string of the molecule is NCCn1cnc(C(=O)N2CCCC(CO)C2)c1. The Hall–Kier alpha value is -1.40. The van der Waals surface area contributed by atoms with E-state index < -0.39 is 0 Å². The van der Waals surface area contributed by atoms with Gasteiger partial charge in [0.2, 0.25) is 0 Å². The summed E-state index contributed by atoms with van der Waals surface area (Å²) < 4.78 is 1.82. The molecule has 6 nitrogen and oxygen atoms in total. The zero-order chi connectivity index (χ0) is 13.0. The van der Waals surface area contributed by atoms with E-state index in [1.54, 1.807) is 17.4 Å². The van der Waals surface area contributed by atoms with Gasteiger partial charge in [-0.2, -0.15) is 0 Å². The summed E-state index contributed by atoms with van der Waals surface area (Å²) in [6.07, 6.45) is 5.30. The predicted molar refractivity (Wildman–Crippen MR) is 67.0 cm³/mol. The lowest BCUT2D eigenvalue weighted by Crippen LogP contribution is -2.41. The van der Waals surface area contributed by atoms with Gasteiger partial charge in [-0.1, -0.05) is 0 Å². The highest BCUT2D eigenvalue weighted by Gasteiger charge is 2.25. The Morgan fingerprint density at radius 3 is 3.17 bits per heavy atom. The number of hydrogen-bond acceptors (Lipinski definition) is 4. The molecule has 1 aromatic heterocycles. The molecule has 1 saturated heterocycles. The van der Waals surface area contributed by atoms with E-state index in [4.69, 9.17) is 10.8 Å². The van der Waals surface area contributed by atoms with E-state index in [2.05, 4.69) is 4.98 Å². The van der Waals surface area contributed by atoms with E-state index in [0.717, 1.165) is 19.4 Å². The quantitative estimate of drug-likeness (QED) is 0.769. The van der Waals surface area contributed by atoms with Gasteiger partial charge in [0.15, 0.2) is 0 Å². The number of aliphatic hydroxyl groups excluding tert-OH is 1. The van der Waals surface area contributed by atoms with Crippen molar-refractivity contribution in [3.8, 4) is 0 Å². The lowest BCUT2D eigenvalue weighted by molar-refractivity contribution is 0.0615. The van der Waals surface area contributed by atoms with Crippen molar-refractivity contribution >= 4 is 5.91 Å². The molecular weight excluding hydrogens is 232 g/mol. The van der Waals surface area contributed by atoms with E-state index in [1.165, 1.54) is 0 Å². The number of carbonyl (C=O) groups excluding carboxylic acids is 1. The van der Waals surface area contributed by atoms with Gasteiger partial charge in [0.1, 0.15) is 5.69 Å². The number of amides is 1. The van der Waals surface area contributed by atoms with E-state index in [1.807, 2.05) is 4.57 Å². The number of rotatable bonds is 4. The van der Waals surface area contributed by atoms with E-state index >= 15 is 0 Å². The molecule has 1 atom stereocenters. The van der Waals surface area contributed by atoms with Gasteiger partial charge in [-0.15, -0.1) is 0 Å². The summed E-state index contributed by atoms with van der Waals surface area (Å²) in [6, 6.07) is 0. The predicted octanol–water partition coefficient (Wildman–Crippen LogP) is -0.314. The Bertz CT molecular complexity index is 405. The third-order valence-corrected chi connectivity index (χ3v) is 3.30. The molecule has 100 valence electrons. The van der Waals surface area contributed by atoms with Crippen LogP contribution in [0.2, 0.25) is 0 Å². The fourth-order valence-electron chi connectivity index (χ4n) is 2.30. The Morgan fingerprint density at radius 2 is 2.44 bits per heavy atom. The second-order valence-corrected chi connectivity index (χ2v) is 4.73. The number of aliphatic hydroxyl groups is 1. The van der Waals surface area contributed by atoms with E-state index in [0.29, 0.717) is 25.3 Å². The highest BCUT2D eigenvalue weighted by molar-refractivity contribution is 5.92. The standard InChI is InChI=1S/C12H20N4O2/c13-3-5-15-7-11(14-9-15)12(18)16-4-1-2-10(6-16)8-17/h7,9-10,17H,1-6,8,13H2. The molecule has 0 radical (unpaired) electrons. The molecule has 0 spiro atoms. The number of nitrogens with zero attached hydrogens (tertiary/aromatic N) is 3. The molecule has 1 fully saturated rings. The van der Waals surface area contributed by atoms with Crippen LogP contribution in [0.5, 0.6) is 0 Å². The summed E-state index contributed by atoms with van der Waals surface area (Å²) in [6.45, 7) is 2.71. The summed E-state index contributed by atoms with van der Waals surface area (Å²) >= 11 is 0. The summed E-state index contributed by atoms with van der Waals surface area (Å²) in [5, 5.41) is 9.16. The topological polar surface area (TPSA) is 84.4 Å². The molecule has 1 amide bonds. The molecule has 3 N–H and O–H groups in total. The number of nitrogens with two attached hydrogens (primary N) is 1. The first-order valence-electron chi connectivity index (χ1n) is 6.36. The maximum absolute atomic E-state index is 12.2. The van der Waals surface area contributed by atoms with Gasteiger partial charge in [0, 0.05) is 39.0 Å². The third kappa shape index (κ3) is 2.88. The molecule has 0 aromatic carbocycles. The molecule has 1 aliphatic rings. The summed E-state index contributed by atoms with van der Waals surface area (Å²) in [5.74, 6) is 0.151. The normalized spacial score (nSPS) is 20.1. The van der Waals surface area contributed by atoms with Crippen LogP contribution in [-0.2, 0) is 6.54 Å². The Morgan fingerprint density at radius 1 is 1.61 bits per heavy atom. The Kier molecular flexibility index (Phi) is 4.33. The Labute approximate surface area is 106 Å². The molecule has 0 aliphatic carbocycles. The van der Waals surface area contributed by atoms with Crippen molar-refractivity contribution in [2.24, 2.45) is 11.7 Å². The average Bonchev–Trinajstić information content (AvgIpc) is 2.87. The van der Waals surface area contributed by atoms with Crippen molar-refractivity contribution in [2.45, 2.75) is 19.4 Å². The number of hydrogen-bond donors (Lipinski definition) is 2.